The number of hydrogen-bond acceptors (Lipinski definition) is 6. The summed E-state index contributed by atoms with van der Waals surface area (Å²) in [6.07, 6.45) is 3.55. The lowest BCUT2D eigenvalue weighted by Gasteiger charge is -2.32. The van der Waals surface area contributed by atoms with Crippen LogP contribution in [0.4, 0.5) is 5.69 Å². The van der Waals surface area contributed by atoms with Crippen molar-refractivity contribution in [3.63, 3.8) is 0 Å². The zero-order valence-electron chi connectivity index (χ0n) is 12.8. The molecule has 0 saturated carbocycles. The van der Waals surface area contributed by atoms with Gasteiger partial charge in [-0.25, -0.2) is 9.97 Å². The molecular formula is C14H23N5O2. The molecule has 3 N–H and O–H groups in total. The number of carbonyl (C=O) groups excluding carboxylic acids is 1. The first-order valence-electron chi connectivity index (χ1n) is 7.22. The Bertz CT molecular complexity index is 506. The Kier molecular flexibility index (Phi) is 5.08. The fourth-order valence-corrected chi connectivity index (χ4v) is 2.41. The smallest absolute Gasteiger partial charge is 0.274 e. The molecule has 1 fully saturated rings. The minimum Gasteiger partial charge on any atom is -0.380 e. The number of hydrazine groups is 1. The molecule has 1 atom stereocenters. The Hall–Kier alpha value is -1.73. The van der Waals surface area contributed by atoms with Crippen molar-refractivity contribution in [2.75, 3.05) is 25.6 Å². The number of carbonyl (C=O) groups is 1. The maximum Gasteiger partial charge on any atom is 0.274 e. The van der Waals surface area contributed by atoms with Crippen molar-refractivity contribution in [1.82, 2.24) is 14.9 Å². The Balaban J connectivity index is 2.26. The van der Waals surface area contributed by atoms with E-state index in [4.69, 9.17) is 10.6 Å². The van der Waals surface area contributed by atoms with Crippen LogP contribution in [0.5, 0.6) is 0 Å². The fourth-order valence-electron chi connectivity index (χ4n) is 2.41. The highest BCUT2D eigenvalue weighted by molar-refractivity contribution is 5.97. The minimum absolute atomic E-state index is 0.0865. The van der Waals surface area contributed by atoms with E-state index in [1.165, 1.54) is 0 Å². The maximum absolute atomic E-state index is 12.7. The number of piperidine rings is 1. The number of aromatic nitrogens is 2. The molecule has 1 amide bonds. The number of nitrogens with two attached hydrogens (primary N) is 1. The van der Waals surface area contributed by atoms with Gasteiger partial charge in [-0.2, -0.15) is 0 Å². The standard InChI is InChI=1S/C14H23N5O2/c1-9(2)13-16-7-11(18-15)12(17-13)14(20)19-6-4-5-10(8-19)21-3/h7,9-10,18H,4-6,8,15H2,1-3H3. The predicted octanol–water partition coefficient (Wildman–Crippen LogP) is 1.14. The van der Waals surface area contributed by atoms with Gasteiger partial charge in [0, 0.05) is 26.1 Å². The summed E-state index contributed by atoms with van der Waals surface area (Å²) >= 11 is 0. The Morgan fingerprint density at radius 3 is 2.95 bits per heavy atom. The molecule has 21 heavy (non-hydrogen) atoms. The van der Waals surface area contributed by atoms with E-state index < -0.39 is 0 Å². The normalized spacial score (nSPS) is 18.9. The number of rotatable bonds is 4. The van der Waals surface area contributed by atoms with E-state index in [0.29, 0.717) is 30.3 Å². The molecule has 1 unspecified atom stereocenters. The van der Waals surface area contributed by atoms with Crippen molar-refractivity contribution in [1.29, 1.82) is 0 Å². The molecule has 0 aliphatic carbocycles. The lowest BCUT2D eigenvalue weighted by molar-refractivity contribution is 0.0266. The topological polar surface area (TPSA) is 93.4 Å². The zero-order valence-corrected chi connectivity index (χ0v) is 12.8. The Labute approximate surface area is 124 Å². The van der Waals surface area contributed by atoms with Gasteiger partial charge in [-0.3, -0.25) is 10.6 Å². The Morgan fingerprint density at radius 2 is 2.33 bits per heavy atom. The molecule has 116 valence electrons. The average Bonchev–Trinajstić information content (AvgIpc) is 2.53. The summed E-state index contributed by atoms with van der Waals surface area (Å²) in [7, 11) is 1.67. The number of amides is 1. The van der Waals surface area contributed by atoms with Gasteiger partial charge in [0.1, 0.15) is 5.82 Å². The van der Waals surface area contributed by atoms with Crippen LogP contribution in [0.15, 0.2) is 6.20 Å². The molecule has 1 aromatic rings. The predicted molar refractivity (Wildman–Crippen MR) is 79.9 cm³/mol. The largest absolute Gasteiger partial charge is 0.380 e. The molecule has 1 aliphatic rings. The van der Waals surface area contributed by atoms with Gasteiger partial charge < -0.3 is 15.1 Å². The number of likely N-dealkylation sites (tertiary alicyclic amines) is 1. The lowest BCUT2D eigenvalue weighted by atomic mass is 10.1. The van der Waals surface area contributed by atoms with Gasteiger partial charge in [-0.1, -0.05) is 13.8 Å². The van der Waals surface area contributed by atoms with Crippen molar-refractivity contribution in [3.05, 3.63) is 17.7 Å². The van der Waals surface area contributed by atoms with Crippen LogP contribution in [0, 0.1) is 0 Å². The van der Waals surface area contributed by atoms with Gasteiger partial charge in [0.05, 0.1) is 18.0 Å². The fraction of sp³-hybridized carbons (Fsp3) is 0.643. The molecule has 7 heteroatoms. The first-order chi connectivity index (χ1) is 10.1. The van der Waals surface area contributed by atoms with E-state index >= 15 is 0 Å². The highest BCUT2D eigenvalue weighted by Gasteiger charge is 2.27. The van der Waals surface area contributed by atoms with Gasteiger partial charge >= 0.3 is 0 Å². The lowest BCUT2D eigenvalue weighted by Crippen LogP contribution is -2.43. The molecular weight excluding hydrogens is 270 g/mol. The molecule has 1 aromatic heterocycles. The zero-order chi connectivity index (χ0) is 15.4. The van der Waals surface area contributed by atoms with Crippen LogP contribution in [0.3, 0.4) is 0 Å². The highest BCUT2D eigenvalue weighted by atomic mass is 16.5. The van der Waals surface area contributed by atoms with Gasteiger partial charge in [-0.15, -0.1) is 0 Å². The number of nitrogens with one attached hydrogen (secondary N) is 1. The molecule has 2 heterocycles. The summed E-state index contributed by atoms with van der Waals surface area (Å²) in [6.45, 7) is 5.27. The number of nitrogens with zero attached hydrogens (tertiary/aromatic N) is 3. The van der Waals surface area contributed by atoms with Crippen molar-refractivity contribution >= 4 is 11.6 Å². The van der Waals surface area contributed by atoms with Crippen molar-refractivity contribution < 1.29 is 9.53 Å². The van der Waals surface area contributed by atoms with Gasteiger partial charge in [0.15, 0.2) is 5.69 Å². The molecule has 1 saturated heterocycles. The van der Waals surface area contributed by atoms with Crippen molar-refractivity contribution in [2.24, 2.45) is 5.84 Å². The van der Waals surface area contributed by atoms with Crippen LogP contribution < -0.4 is 11.3 Å². The number of anilines is 1. The first-order valence-corrected chi connectivity index (χ1v) is 7.22. The number of hydrogen-bond donors (Lipinski definition) is 2. The highest BCUT2D eigenvalue weighted by Crippen LogP contribution is 2.20. The van der Waals surface area contributed by atoms with Gasteiger partial charge in [0.2, 0.25) is 0 Å². The molecule has 2 rings (SSSR count). The second kappa shape index (κ2) is 6.82. The van der Waals surface area contributed by atoms with E-state index in [1.54, 1.807) is 18.2 Å². The maximum atomic E-state index is 12.7. The summed E-state index contributed by atoms with van der Waals surface area (Å²) in [5.74, 6) is 6.13. The Morgan fingerprint density at radius 1 is 1.57 bits per heavy atom. The third kappa shape index (κ3) is 3.48. The third-order valence-electron chi connectivity index (χ3n) is 3.68. The molecule has 0 bridgehead atoms. The van der Waals surface area contributed by atoms with Crippen LogP contribution in [0.25, 0.3) is 0 Å². The van der Waals surface area contributed by atoms with E-state index in [2.05, 4.69) is 15.4 Å². The number of nitrogen functional groups attached to an aromatic ring is 1. The van der Waals surface area contributed by atoms with Crippen LogP contribution in [-0.4, -0.2) is 47.1 Å². The molecule has 7 nitrogen and oxygen atoms in total. The van der Waals surface area contributed by atoms with E-state index in [0.717, 1.165) is 12.8 Å². The quantitative estimate of drug-likeness (QED) is 0.638. The van der Waals surface area contributed by atoms with Crippen LogP contribution in [-0.2, 0) is 4.74 Å². The first kappa shape index (κ1) is 15.7. The average molecular weight is 293 g/mol. The van der Waals surface area contributed by atoms with Gasteiger partial charge in [0.25, 0.3) is 5.91 Å². The molecule has 0 aromatic carbocycles. The molecule has 0 radical (unpaired) electrons. The van der Waals surface area contributed by atoms with E-state index in [1.807, 2.05) is 13.8 Å². The van der Waals surface area contributed by atoms with Crippen molar-refractivity contribution in [2.45, 2.75) is 38.7 Å². The summed E-state index contributed by atoms with van der Waals surface area (Å²) in [5.41, 5.74) is 3.28. The van der Waals surface area contributed by atoms with Crippen LogP contribution in [0.2, 0.25) is 0 Å². The van der Waals surface area contributed by atoms with E-state index in [9.17, 15) is 4.79 Å². The van der Waals surface area contributed by atoms with Crippen LogP contribution >= 0.6 is 0 Å². The second-order valence-corrected chi connectivity index (χ2v) is 5.54. The van der Waals surface area contributed by atoms with Gasteiger partial charge in [-0.05, 0) is 12.8 Å². The molecule has 1 aliphatic heterocycles. The third-order valence-corrected chi connectivity index (χ3v) is 3.68. The monoisotopic (exact) mass is 293 g/mol. The number of ether oxygens (including phenoxy) is 1. The minimum atomic E-state index is -0.131. The second-order valence-electron chi connectivity index (χ2n) is 5.54. The van der Waals surface area contributed by atoms with E-state index in [-0.39, 0.29) is 17.9 Å². The summed E-state index contributed by atoms with van der Waals surface area (Å²) in [6, 6.07) is 0. The molecule has 0 spiro atoms. The number of methoxy groups -OCH3 is 1. The summed E-state index contributed by atoms with van der Waals surface area (Å²) in [5, 5.41) is 0. The van der Waals surface area contributed by atoms with Crippen molar-refractivity contribution in [3.8, 4) is 0 Å². The van der Waals surface area contributed by atoms with Crippen LogP contribution in [0.1, 0.15) is 48.9 Å². The summed E-state index contributed by atoms with van der Waals surface area (Å²) in [4.78, 5) is 23.1. The SMILES string of the molecule is COC1CCCN(C(=O)c2nc(C(C)C)ncc2NN)C1. The summed E-state index contributed by atoms with van der Waals surface area (Å²) < 4.78 is 5.36.